The molecule has 1 N–H and O–H groups in total. The van der Waals surface area contributed by atoms with Gasteiger partial charge in [-0.05, 0) is 104 Å². The van der Waals surface area contributed by atoms with Gasteiger partial charge in [0.25, 0.3) is 0 Å². The van der Waals surface area contributed by atoms with Crippen molar-refractivity contribution in [2.45, 2.75) is 126 Å². The second-order valence-electron chi connectivity index (χ2n) is 17.8. The molecule has 1 saturated heterocycles. The molecule has 0 unspecified atom stereocenters. The molecule has 0 aromatic heterocycles. The van der Waals surface area contributed by atoms with Crippen LogP contribution in [0.3, 0.4) is 0 Å². The van der Waals surface area contributed by atoms with E-state index in [1.165, 1.54) is 13.8 Å². The highest BCUT2D eigenvalue weighted by atomic mass is 16.6. The molecule has 0 radical (unpaired) electrons. The van der Waals surface area contributed by atoms with E-state index in [4.69, 9.17) is 9.47 Å². The first-order valence-electron chi connectivity index (χ1n) is 18.0. The van der Waals surface area contributed by atoms with E-state index in [0.29, 0.717) is 17.7 Å². The molecule has 45 heavy (non-hydrogen) atoms. The minimum atomic E-state index is -0.429. The number of fused-ring (bicyclic) bond motifs is 7. The Balaban J connectivity index is 1.38. The summed E-state index contributed by atoms with van der Waals surface area (Å²) in [5, 5.41) is 3.45. The van der Waals surface area contributed by atoms with Gasteiger partial charge in [-0.25, -0.2) is 0 Å². The molecule has 6 rings (SSSR count). The molecule has 7 nitrogen and oxygen atoms in total. The summed E-state index contributed by atoms with van der Waals surface area (Å²) in [4.78, 5) is 41.0. The smallest absolute Gasteiger partial charge is 0.302 e. The Morgan fingerprint density at radius 1 is 0.867 bits per heavy atom. The molecule has 5 aliphatic carbocycles. The van der Waals surface area contributed by atoms with Gasteiger partial charge >= 0.3 is 11.9 Å². The first kappa shape index (κ1) is 33.0. The summed E-state index contributed by atoms with van der Waals surface area (Å²) in [5.41, 5.74) is 1.29. The van der Waals surface area contributed by atoms with Crippen LogP contribution in [0.15, 0.2) is 11.6 Å². The quantitative estimate of drug-likeness (QED) is 0.277. The van der Waals surface area contributed by atoms with Crippen LogP contribution in [0.25, 0.3) is 0 Å². The second-order valence-corrected chi connectivity index (χ2v) is 17.8. The van der Waals surface area contributed by atoms with Crippen molar-refractivity contribution >= 4 is 17.8 Å². The van der Waals surface area contributed by atoms with Crippen molar-refractivity contribution in [1.29, 1.82) is 0 Å². The summed E-state index contributed by atoms with van der Waals surface area (Å²) in [6, 6.07) is 0. The first-order valence-corrected chi connectivity index (χ1v) is 18.0. The highest BCUT2D eigenvalue weighted by Crippen LogP contribution is 2.76. The monoisotopic (exact) mass is 624 g/mol. The molecule has 1 aliphatic heterocycles. The molecule has 0 spiro atoms. The van der Waals surface area contributed by atoms with Gasteiger partial charge in [-0.2, -0.15) is 0 Å². The van der Waals surface area contributed by atoms with Crippen LogP contribution in [0.2, 0.25) is 0 Å². The molecular weight excluding hydrogens is 564 g/mol. The van der Waals surface area contributed by atoms with Gasteiger partial charge in [-0.3, -0.25) is 14.4 Å². The van der Waals surface area contributed by atoms with Crippen molar-refractivity contribution in [3.05, 3.63) is 11.6 Å². The van der Waals surface area contributed by atoms with Crippen LogP contribution in [0.4, 0.5) is 0 Å². The molecule has 1 amide bonds. The van der Waals surface area contributed by atoms with E-state index in [1.54, 1.807) is 5.57 Å². The van der Waals surface area contributed by atoms with Crippen LogP contribution >= 0.6 is 0 Å². The molecule has 5 fully saturated rings. The highest BCUT2D eigenvalue weighted by Gasteiger charge is 2.70. The van der Waals surface area contributed by atoms with E-state index < -0.39 is 5.41 Å². The summed E-state index contributed by atoms with van der Waals surface area (Å²) in [6.45, 7) is 21.4. The van der Waals surface area contributed by atoms with Crippen molar-refractivity contribution in [2.24, 2.45) is 50.2 Å². The van der Waals surface area contributed by atoms with E-state index in [-0.39, 0.29) is 57.6 Å². The van der Waals surface area contributed by atoms with E-state index >= 15 is 0 Å². The maximum Gasteiger partial charge on any atom is 0.302 e. The molecule has 0 aromatic rings. The Morgan fingerprint density at radius 3 is 2.22 bits per heavy atom. The summed E-state index contributed by atoms with van der Waals surface area (Å²) >= 11 is 0. The largest absolute Gasteiger partial charge is 0.465 e. The SMILES string of the molecule is CC(=O)OC[C@@]1(C)[C@@H]2CC[C@]3(C)[C@H](CC=C4[C@@H]5CC(C)(C)CC[C@]5(C(=O)N5CCNCC5)CC[C@]43C)[C@@]2(C)CC[C@@H]1OC(C)=O. The summed E-state index contributed by atoms with van der Waals surface area (Å²) in [5.74, 6) is 0.956. The van der Waals surface area contributed by atoms with Gasteiger partial charge in [0.15, 0.2) is 0 Å². The number of amides is 1. The average Bonchev–Trinajstić information content (AvgIpc) is 2.98. The van der Waals surface area contributed by atoms with Gasteiger partial charge in [-0.1, -0.05) is 53.2 Å². The zero-order valence-electron chi connectivity index (χ0n) is 29.5. The van der Waals surface area contributed by atoms with Crippen molar-refractivity contribution in [1.82, 2.24) is 10.2 Å². The molecule has 0 bridgehead atoms. The predicted molar refractivity (Wildman–Crippen MR) is 175 cm³/mol. The number of esters is 2. The van der Waals surface area contributed by atoms with Crippen LogP contribution in [0, 0.1) is 50.2 Å². The predicted octanol–water partition coefficient (Wildman–Crippen LogP) is 6.69. The van der Waals surface area contributed by atoms with Gasteiger partial charge in [0.1, 0.15) is 12.7 Å². The number of rotatable bonds is 4. The van der Waals surface area contributed by atoms with E-state index in [9.17, 15) is 14.4 Å². The Morgan fingerprint density at radius 2 is 1.56 bits per heavy atom. The molecule has 0 aromatic carbocycles. The number of hydrogen-bond acceptors (Lipinski definition) is 6. The van der Waals surface area contributed by atoms with Crippen LogP contribution in [-0.2, 0) is 23.9 Å². The number of ether oxygens (including phenoxy) is 2. The third kappa shape index (κ3) is 4.94. The summed E-state index contributed by atoms with van der Waals surface area (Å²) in [7, 11) is 0. The topological polar surface area (TPSA) is 84.9 Å². The normalized spacial score (nSPS) is 45.5. The fourth-order valence-electron chi connectivity index (χ4n) is 12.4. The van der Waals surface area contributed by atoms with Crippen molar-refractivity contribution in [3.8, 4) is 0 Å². The van der Waals surface area contributed by atoms with Gasteiger partial charge in [0.2, 0.25) is 5.91 Å². The molecule has 1 heterocycles. The fraction of sp³-hybridized carbons (Fsp3) is 0.868. The Bertz CT molecular complexity index is 1250. The first-order chi connectivity index (χ1) is 21.0. The van der Waals surface area contributed by atoms with E-state index in [1.807, 2.05) is 0 Å². The van der Waals surface area contributed by atoms with Crippen molar-refractivity contribution in [3.63, 3.8) is 0 Å². The number of allylic oxidation sites excluding steroid dienone is 2. The Kier molecular flexibility index (Phi) is 8.14. The lowest BCUT2D eigenvalue weighted by Gasteiger charge is -2.71. The second kappa shape index (κ2) is 11.1. The maximum absolute atomic E-state index is 14.6. The molecule has 6 aliphatic rings. The van der Waals surface area contributed by atoms with Crippen LogP contribution in [0.5, 0.6) is 0 Å². The Hall–Kier alpha value is -1.89. The lowest BCUT2D eigenvalue weighted by Crippen LogP contribution is -2.67. The van der Waals surface area contributed by atoms with Crippen LogP contribution < -0.4 is 5.32 Å². The number of hydrogen-bond donors (Lipinski definition) is 1. The van der Waals surface area contributed by atoms with E-state index in [0.717, 1.165) is 90.4 Å². The Labute approximate surface area is 272 Å². The van der Waals surface area contributed by atoms with Crippen LogP contribution in [0.1, 0.15) is 120 Å². The molecule has 4 saturated carbocycles. The third-order valence-electron chi connectivity index (χ3n) is 15.1. The van der Waals surface area contributed by atoms with E-state index in [2.05, 4.69) is 57.8 Å². The molecular formula is C38H60N2O5. The number of carbonyl (C=O) groups excluding carboxylic acids is 3. The van der Waals surface area contributed by atoms with Crippen LogP contribution in [-0.4, -0.2) is 61.6 Å². The average molecular weight is 625 g/mol. The zero-order valence-corrected chi connectivity index (χ0v) is 29.5. The highest BCUT2D eigenvalue weighted by molar-refractivity contribution is 5.84. The maximum atomic E-state index is 14.6. The van der Waals surface area contributed by atoms with Gasteiger partial charge in [-0.15, -0.1) is 0 Å². The van der Waals surface area contributed by atoms with Crippen molar-refractivity contribution < 1.29 is 23.9 Å². The third-order valence-corrected chi connectivity index (χ3v) is 15.1. The van der Waals surface area contributed by atoms with Crippen molar-refractivity contribution in [2.75, 3.05) is 32.8 Å². The molecule has 9 atom stereocenters. The standard InChI is InChI=1S/C38H60N2O5/c1-25(41)44-24-35(6)29-11-14-37(8)30(34(29,5)13-12-31(35)45-26(2)42)10-9-27-28-23-33(3,4)15-17-38(28,18-16-36(27,37)7)32(43)40-21-19-39-20-22-40/h9,28-31,39H,10-24H2,1-8H3/t28-,29+,30+,31-,34-,35-,36+,37+,38-/m0/s1. The minimum absolute atomic E-state index is 0.0284. The lowest BCUT2D eigenvalue weighted by molar-refractivity contribution is -0.226. The van der Waals surface area contributed by atoms with Gasteiger partial charge in [0.05, 0.1) is 5.41 Å². The summed E-state index contributed by atoms with van der Waals surface area (Å²) in [6.07, 6.45) is 12.6. The number of piperazine rings is 1. The number of nitrogens with zero attached hydrogens (tertiary/aromatic N) is 1. The zero-order chi connectivity index (χ0) is 32.6. The minimum Gasteiger partial charge on any atom is -0.465 e. The molecule has 7 heteroatoms. The number of nitrogens with one attached hydrogen (secondary N) is 1. The lowest BCUT2D eigenvalue weighted by atomic mass is 9.33. The molecule has 252 valence electrons. The fourth-order valence-corrected chi connectivity index (χ4v) is 12.4. The number of carbonyl (C=O) groups is 3. The van der Waals surface area contributed by atoms with Gasteiger partial charge < -0.3 is 19.7 Å². The van der Waals surface area contributed by atoms with Gasteiger partial charge in [0, 0.05) is 45.4 Å². The summed E-state index contributed by atoms with van der Waals surface area (Å²) < 4.78 is 11.7.